The molecule has 3 rings (SSSR count). The van der Waals surface area contributed by atoms with Crippen molar-refractivity contribution in [2.24, 2.45) is 5.73 Å². The maximum Gasteiger partial charge on any atom is 0.240 e. The molecular weight excluding hydrogens is 288 g/mol. The molecule has 0 bridgehead atoms. The number of benzene rings is 1. The zero-order valence-electron chi connectivity index (χ0n) is 13.4. The number of rotatable bonds is 5. The van der Waals surface area contributed by atoms with Crippen LogP contribution in [0.5, 0.6) is 0 Å². The maximum absolute atomic E-state index is 12.3. The summed E-state index contributed by atoms with van der Waals surface area (Å²) in [6, 6.07) is 10.1. The molecule has 0 saturated heterocycles. The summed E-state index contributed by atoms with van der Waals surface area (Å²) in [6.45, 7) is 1.28. The predicted molar refractivity (Wildman–Crippen MR) is 89.6 cm³/mol. The summed E-state index contributed by atoms with van der Waals surface area (Å²) in [4.78, 5) is 12.3. The number of carbonyl (C=O) groups excluding carboxylic acids is 1. The molecule has 0 unspecified atom stereocenters. The Morgan fingerprint density at radius 1 is 1.17 bits per heavy atom. The first-order valence-corrected chi connectivity index (χ1v) is 8.28. The van der Waals surface area contributed by atoms with Crippen LogP contribution in [-0.2, 0) is 17.9 Å². The molecule has 122 valence electrons. The standard InChI is InChI=1S/C18H24N4O/c19-18(9-2-1-3-10-18)17(23)20-13-15-5-7-16(8-6-15)14-22-12-4-11-21-22/h4-8,11-12H,1-3,9-10,13-14,19H2,(H,20,23). The number of hydrogen-bond donors (Lipinski definition) is 2. The van der Waals surface area contributed by atoms with Crippen LogP contribution >= 0.6 is 0 Å². The molecule has 1 fully saturated rings. The van der Waals surface area contributed by atoms with Crippen molar-refractivity contribution in [3.8, 4) is 0 Å². The molecule has 0 atom stereocenters. The summed E-state index contributed by atoms with van der Waals surface area (Å²) < 4.78 is 1.89. The van der Waals surface area contributed by atoms with E-state index in [4.69, 9.17) is 5.73 Å². The van der Waals surface area contributed by atoms with Gasteiger partial charge in [-0.15, -0.1) is 0 Å². The van der Waals surface area contributed by atoms with Crippen molar-refractivity contribution in [1.82, 2.24) is 15.1 Å². The van der Waals surface area contributed by atoms with E-state index in [2.05, 4.69) is 22.5 Å². The summed E-state index contributed by atoms with van der Waals surface area (Å²) in [5.41, 5.74) is 7.85. The van der Waals surface area contributed by atoms with Gasteiger partial charge in [-0.2, -0.15) is 5.10 Å². The number of nitrogens with zero attached hydrogens (tertiary/aromatic N) is 2. The summed E-state index contributed by atoms with van der Waals surface area (Å²) in [5, 5.41) is 7.19. The van der Waals surface area contributed by atoms with Gasteiger partial charge in [0, 0.05) is 18.9 Å². The van der Waals surface area contributed by atoms with Crippen molar-refractivity contribution in [2.75, 3.05) is 0 Å². The van der Waals surface area contributed by atoms with Crippen LogP contribution in [0.1, 0.15) is 43.2 Å². The van der Waals surface area contributed by atoms with Crippen LogP contribution in [0.2, 0.25) is 0 Å². The molecule has 5 nitrogen and oxygen atoms in total. The van der Waals surface area contributed by atoms with Gasteiger partial charge in [-0.05, 0) is 30.0 Å². The first-order chi connectivity index (χ1) is 11.2. The quantitative estimate of drug-likeness (QED) is 0.889. The summed E-state index contributed by atoms with van der Waals surface area (Å²) in [5.74, 6) is -0.0159. The Balaban J connectivity index is 1.53. The Kier molecular flexibility index (Phi) is 4.76. The molecule has 1 aliphatic rings. The van der Waals surface area contributed by atoms with Crippen LogP contribution in [-0.4, -0.2) is 21.2 Å². The van der Waals surface area contributed by atoms with Gasteiger partial charge in [-0.25, -0.2) is 0 Å². The van der Waals surface area contributed by atoms with E-state index in [-0.39, 0.29) is 5.91 Å². The normalized spacial score (nSPS) is 16.9. The molecule has 1 heterocycles. The van der Waals surface area contributed by atoms with Crippen LogP contribution < -0.4 is 11.1 Å². The van der Waals surface area contributed by atoms with Gasteiger partial charge in [0.05, 0.1) is 12.1 Å². The minimum Gasteiger partial charge on any atom is -0.350 e. The van der Waals surface area contributed by atoms with Crippen molar-refractivity contribution in [3.05, 3.63) is 53.9 Å². The monoisotopic (exact) mass is 312 g/mol. The van der Waals surface area contributed by atoms with E-state index < -0.39 is 5.54 Å². The zero-order valence-corrected chi connectivity index (χ0v) is 13.4. The molecule has 5 heteroatoms. The minimum absolute atomic E-state index is 0.0159. The lowest BCUT2D eigenvalue weighted by Gasteiger charge is -2.31. The highest BCUT2D eigenvalue weighted by Gasteiger charge is 2.34. The number of amides is 1. The highest BCUT2D eigenvalue weighted by atomic mass is 16.2. The van der Waals surface area contributed by atoms with E-state index in [1.54, 1.807) is 6.20 Å². The summed E-state index contributed by atoms with van der Waals surface area (Å²) in [7, 11) is 0. The zero-order chi connectivity index (χ0) is 16.1. The van der Waals surface area contributed by atoms with Gasteiger partial charge in [-0.1, -0.05) is 43.5 Å². The molecule has 1 aliphatic carbocycles. The third kappa shape index (κ3) is 3.99. The molecule has 1 aromatic heterocycles. The van der Waals surface area contributed by atoms with E-state index in [1.807, 2.05) is 29.1 Å². The number of nitrogens with one attached hydrogen (secondary N) is 1. The number of aromatic nitrogens is 2. The fourth-order valence-corrected chi connectivity index (χ4v) is 3.11. The molecular formula is C18H24N4O. The van der Waals surface area contributed by atoms with Crippen LogP contribution in [0.15, 0.2) is 42.7 Å². The van der Waals surface area contributed by atoms with Crippen molar-refractivity contribution >= 4 is 5.91 Å². The van der Waals surface area contributed by atoms with Gasteiger partial charge >= 0.3 is 0 Å². The van der Waals surface area contributed by atoms with Gasteiger partial charge in [0.15, 0.2) is 0 Å². The molecule has 1 aromatic carbocycles. The average Bonchev–Trinajstić information content (AvgIpc) is 3.07. The van der Waals surface area contributed by atoms with Crippen molar-refractivity contribution in [2.45, 2.75) is 50.7 Å². The fourth-order valence-electron chi connectivity index (χ4n) is 3.11. The van der Waals surface area contributed by atoms with Gasteiger partial charge in [-0.3, -0.25) is 9.48 Å². The lowest BCUT2D eigenvalue weighted by atomic mass is 9.82. The summed E-state index contributed by atoms with van der Waals surface area (Å²) in [6.07, 6.45) is 8.59. The van der Waals surface area contributed by atoms with E-state index in [9.17, 15) is 4.79 Å². The minimum atomic E-state index is -0.668. The second kappa shape index (κ2) is 6.96. The predicted octanol–water partition coefficient (Wildman–Crippen LogP) is 2.21. The van der Waals surface area contributed by atoms with Crippen LogP contribution in [0.25, 0.3) is 0 Å². The van der Waals surface area contributed by atoms with Crippen LogP contribution in [0.3, 0.4) is 0 Å². The first kappa shape index (κ1) is 15.7. The second-order valence-corrected chi connectivity index (χ2v) is 6.42. The third-order valence-corrected chi connectivity index (χ3v) is 4.58. The number of nitrogens with two attached hydrogens (primary N) is 1. The first-order valence-electron chi connectivity index (χ1n) is 8.28. The van der Waals surface area contributed by atoms with Crippen LogP contribution in [0, 0.1) is 0 Å². The van der Waals surface area contributed by atoms with E-state index in [0.29, 0.717) is 6.54 Å². The molecule has 3 N–H and O–H groups in total. The number of hydrogen-bond acceptors (Lipinski definition) is 3. The van der Waals surface area contributed by atoms with Crippen molar-refractivity contribution in [3.63, 3.8) is 0 Å². The average molecular weight is 312 g/mol. The second-order valence-electron chi connectivity index (χ2n) is 6.42. The Labute approximate surface area is 136 Å². The Morgan fingerprint density at radius 2 is 1.87 bits per heavy atom. The fraction of sp³-hybridized carbons (Fsp3) is 0.444. The smallest absolute Gasteiger partial charge is 0.240 e. The number of carbonyl (C=O) groups is 1. The Bertz CT molecular complexity index is 628. The largest absolute Gasteiger partial charge is 0.350 e. The van der Waals surface area contributed by atoms with E-state index in [0.717, 1.165) is 37.8 Å². The van der Waals surface area contributed by atoms with E-state index in [1.165, 1.54) is 12.0 Å². The van der Waals surface area contributed by atoms with Crippen LogP contribution in [0.4, 0.5) is 0 Å². The topological polar surface area (TPSA) is 72.9 Å². The maximum atomic E-state index is 12.3. The lowest BCUT2D eigenvalue weighted by Crippen LogP contribution is -2.54. The van der Waals surface area contributed by atoms with E-state index >= 15 is 0 Å². The molecule has 0 radical (unpaired) electrons. The van der Waals surface area contributed by atoms with Gasteiger partial charge in [0.1, 0.15) is 0 Å². The Hall–Kier alpha value is -2.14. The lowest BCUT2D eigenvalue weighted by molar-refractivity contribution is -0.127. The molecule has 1 amide bonds. The SMILES string of the molecule is NC1(C(=O)NCc2ccc(Cn3cccn3)cc2)CCCCC1. The molecule has 0 aliphatic heterocycles. The molecule has 1 saturated carbocycles. The highest BCUT2D eigenvalue weighted by Crippen LogP contribution is 2.26. The molecule has 0 spiro atoms. The molecule has 23 heavy (non-hydrogen) atoms. The van der Waals surface area contributed by atoms with Gasteiger partial charge in [0.25, 0.3) is 0 Å². The van der Waals surface area contributed by atoms with Crippen molar-refractivity contribution in [1.29, 1.82) is 0 Å². The molecule has 2 aromatic rings. The van der Waals surface area contributed by atoms with Gasteiger partial charge < -0.3 is 11.1 Å². The highest BCUT2D eigenvalue weighted by molar-refractivity contribution is 5.86. The van der Waals surface area contributed by atoms with Crippen molar-refractivity contribution < 1.29 is 4.79 Å². The summed E-state index contributed by atoms with van der Waals surface area (Å²) >= 11 is 0. The van der Waals surface area contributed by atoms with Gasteiger partial charge in [0.2, 0.25) is 5.91 Å². The third-order valence-electron chi connectivity index (χ3n) is 4.58. The Morgan fingerprint density at radius 3 is 2.52 bits per heavy atom.